The number of aliphatic carboxylic acids is 2. The number of hydrogen-bond donors (Lipinski definition) is 7. The minimum absolute atomic E-state index is 0. The van der Waals surface area contributed by atoms with E-state index in [9.17, 15) is 43.2 Å². The monoisotopic (exact) mass is 1180 g/mol. The van der Waals surface area contributed by atoms with Crippen molar-refractivity contribution in [3.8, 4) is 0 Å². The van der Waals surface area contributed by atoms with E-state index in [0.29, 0.717) is 63.9 Å². The van der Waals surface area contributed by atoms with Crippen LogP contribution < -0.4 is 21.7 Å². The number of primary amides is 1. The number of nitrogens with two attached hydrogens (primary N) is 1. The number of ether oxygens (including phenoxy) is 4. The van der Waals surface area contributed by atoms with E-state index in [1.54, 1.807) is 12.5 Å². The average Bonchev–Trinajstić information content (AvgIpc) is 4.00. The van der Waals surface area contributed by atoms with Crippen molar-refractivity contribution in [2.45, 2.75) is 238 Å². The van der Waals surface area contributed by atoms with Crippen molar-refractivity contribution in [2.24, 2.45) is 23.5 Å². The van der Waals surface area contributed by atoms with Gasteiger partial charge in [0.2, 0.25) is 23.6 Å². The van der Waals surface area contributed by atoms with E-state index in [0.717, 1.165) is 56.1 Å². The number of nitrogens with zero attached hydrogens (tertiary/aromatic N) is 1. The van der Waals surface area contributed by atoms with Crippen LogP contribution in [0, 0.1) is 17.8 Å². The maximum Gasteiger partial charge on any atom is 0.326 e. The summed E-state index contributed by atoms with van der Waals surface area (Å²) in [6.45, 7) is 5.36. The lowest BCUT2D eigenvalue weighted by Crippen LogP contribution is -2.39. The Morgan fingerprint density at radius 3 is 1.64 bits per heavy atom. The molecule has 1 aromatic heterocycles. The molecule has 1 aromatic rings. The topological polar surface area (TPSA) is 322 Å². The van der Waals surface area contributed by atoms with Crippen molar-refractivity contribution < 1.29 is 73.7 Å². The first-order valence-corrected chi connectivity index (χ1v) is 31.4. The molecule has 0 aromatic carbocycles. The SMILES string of the molecule is CC(=O)NC(CCC(=O)CCCOCCOCC(=O)NCCOCCOCC(=O)NCCCC[C@H](CC(=O)CCc1cnc[nH]1)C(N)=O)C(=O)O.CC1CCC(CCC(=O)CCCCCCCCCCCCCCCCCCC(=O)O)CC1.[HH]. The van der Waals surface area contributed by atoms with Crippen molar-refractivity contribution in [1.29, 1.82) is 0 Å². The van der Waals surface area contributed by atoms with Crippen LogP contribution in [0.1, 0.15) is 233 Å². The van der Waals surface area contributed by atoms with Gasteiger partial charge in [-0.2, -0.15) is 0 Å². The van der Waals surface area contributed by atoms with Gasteiger partial charge in [0.15, 0.2) is 0 Å². The van der Waals surface area contributed by atoms with Crippen LogP contribution in [0.2, 0.25) is 0 Å². The number of hydrogen-bond acceptors (Lipinski definition) is 14. The molecule has 0 aliphatic heterocycles. The molecule has 1 fully saturated rings. The molecule has 0 spiro atoms. The van der Waals surface area contributed by atoms with Crippen LogP contribution in [0.3, 0.4) is 0 Å². The number of aryl methyl sites for hydroxylation is 1. The molecule has 21 heteroatoms. The quantitative estimate of drug-likeness (QED) is 0.0299. The lowest BCUT2D eigenvalue weighted by Gasteiger charge is -2.25. The van der Waals surface area contributed by atoms with Gasteiger partial charge in [-0.25, -0.2) is 9.78 Å². The Balaban J connectivity index is 0.00000179. The number of unbranched alkanes of at least 4 members (excludes halogenated alkanes) is 16. The number of carboxylic acid groups (broad SMARTS) is 2. The molecule has 21 nitrogen and oxygen atoms in total. The molecule has 2 rings (SSSR count). The number of ketones is 3. The number of aromatic nitrogens is 2. The highest BCUT2D eigenvalue weighted by Gasteiger charge is 2.22. The van der Waals surface area contributed by atoms with Crippen molar-refractivity contribution in [1.82, 2.24) is 25.9 Å². The second kappa shape index (κ2) is 52.4. The number of H-pyrrole nitrogens is 1. The van der Waals surface area contributed by atoms with Gasteiger partial charge in [-0.3, -0.25) is 38.4 Å². The lowest BCUT2D eigenvalue weighted by atomic mass is 9.80. The van der Waals surface area contributed by atoms with Gasteiger partial charge in [-0.05, 0) is 63.2 Å². The summed E-state index contributed by atoms with van der Waals surface area (Å²) in [4.78, 5) is 111. The molecule has 4 amide bonds. The first-order chi connectivity index (χ1) is 40.0. The summed E-state index contributed by atoms with van der Waals surface area (Å²) in [6.07, 6.45) is 35.5. The van der Waals surface area contributed by atoms with Crippen molar-refractivity contribution in [2.75, 3.05) is 65.9 Å². The van der Waals surface area contributed by atoms with E-state index in [1.807, 2.05) is 0 Å². The molecule has 1 aliphatic rings. The molecular weight excluding hydrogens is 1070 g/mol. The van der Waals surface area contributed by atoms with Gasteiger partial charge < -0.3 is 55.8 Å². The predicted octanol–water partition coefficient (Wildman–Crippen LogP) is 9.11. The zero-order valence-electron chi connectivity index (χ0n) is 50.8. The fourth-order valence-corrected chi connectivity index (χ4v) is 9.78. The highest BCUT2D eigenvalue weighted by atomic mass is 16.5. The minimum atomic E-state index is -1.18. The predicted molar refractivity (Wildman–Crippen MR) is 319 cm³/mol. The third kappa shape index (κ3) is 48.9. The Bertz CT molecular complexity index is 1900. The van der Waals surface area contributed by atoms with Gasteiger partial charge in [-0.15, -0.1) is 0 Å². The summed E-state index contributed by atoms with van der Waals surface area (Å²) in [7, 11) is 0. The summed E-state index contributed by atoms with van der Waals surface area (Å²) in [5.41, 5.74) is 6.33. The molecule has 1 heterocycles. The first kappa shape index (κ1) is 75.9. The molecule has 1 aliphatic carbocycles. The zero-order valence-corrected chi connectivity index (χ0v) is 50.8. The van der Waals surface area contributed by atoms with Crippen LogP contribution in [0.4, 0.5) is 0 Å². The molecule has 0 radical (unpaired) electrons. The molecule has 478 valence electrons. The van der Waals surface area contributed by atoms with Gasteiger partial charge in [0, 0.05) is 90.8 Å². The number of carbonyl (C=O) groups is 9. The van der Waals surface area contributed by atoms with Crippen LogP contribution >= 0.6 is 0 Å². The third-order valence-corrected chi connectivity index (χ3v) is 14.9. The van der Waals surface area contributed by atoms with Crippen molar-refractivity contribution >= 4 is 52.9 Å². The van der Waals surface area contributed by atoms with Crippen LogP contribution in [-0.4, -0.2) is 145 Å². The van der Waals surface area contributed by atoms with E-state index in [1.165, 1.54) is 116 Å². The fourth-order valence-electron chi connectivity index (χ4n) is 9.78. The molecule has 83 heavy (non-hydrogen) atoms. The molecule has 0 bridgehead atoms. The van der Waals surface area contributed by atoms with Gasteiger partial charge in [-0.1, -0.05) is 129 Å². The molecule has 2 atom stereocenters. The smallest absolute Gasteiger partial charge is 0.326 e. The van der Waals surface area contributed by atoms with Crippen LogP contribution in [0.15, 0.2) is 12.5 Å². The Morgan fingerprint density at radius 1 is 0.590 bits per heavy atom. The Morgan fingerprint density at radius 2 is 1.11 bits per heavy atom. The third-order valence-electron chi connectivity index (χ3n) is 14.9. The largest absolute Gasteiger partial charge is 0.481 e. The zero-order chi connectivity index (χ0) is 61.0. The number of imidazole rings is 1. The number of nitrogens with one attached hydrogen (secondary N) is 4. The van der Waals surface area contributed by atoms with Crippen LogP contribution in [-0.2, 0) is 68.5 Å². The van der Waals surface area contributed by atoms with Gasteiger partial charge in [0.25, 0.3) is 0 Å². The summed E-state index contributed by atoms with van der Waals surface area (Å²) < 4.78 is 21.3. The summed E-state index contributed by atoms with van der Waals surface area (Å²) in [6, 6.07) is -1.09. The lowest BCUT2D eigenvalue weighted by molar-refractivity contribution is -0.142. The van der Waals surface area contributed by atoms with Gasteiger partial charge >= 0.3 is 11.9 Å². The minimum Gasteiger partial charge on any atom is -0.481 e. The summed E-state index contributed by atoms with van der Waals surface area (Å²) in [5, 5.41) is 25.3. The maximum atomic E-state index is 12.2. The Kier molecular flexibility index (Phi) is 47.9. The Labute approximate surface area is 496 Å². The normalized spacial score (nSPS) is 14.6. The highest BCUT2D eigenvalue weighted by molar-refractivity contribution is 5.86. The van der Waals surface area contributed by atoms with Crippen molar-refractivity contribution in [3.05, 3.63) is 18.2 Å². The fraction of sp³-hybridized carbons (Fsp3) is 0.806. The highest BCUT2D eigenvalue weighted by Crippen LogP contribution is 2.31. The van der Waals surface area contributed by atoms with E-state index in [-0.39, 0.29) is 103 Å². The van der Waals surface area contributed by atoms with E-state index >= 15 is 0 Å². The number of carboxylic acids is 2. The van der Waals surface area contributed by atoms with Gasteiger partial charge in [0.1, 0.15) is 36.6 Å². The number of carbonyl (C=O) groups excluding carboxylic acids is 7. The number of amides is 4. The standard InChI is InChI=1S/C33H54N6O12.C29H54O3.H2/c1-24(40)39-29(33(46)47)10-9-27(41)6-4-13-48-15-17-50-22-31(44)37-12-14-49-16-18-51-21-30(43)36-11-3-2-5-25(32(34)45)19-28(42)8-7-26-20-35-23-38-26;1-26-20-22-27(23-21-26)24-25-28(30)18-16-14-12-10-8-6-4-2-3-5-7-9-11-13-15-17-19-29(31)32;/h20,23,25,29H,2-19,21-22H2,1H3,(H2,34,45)(H,35,38)(H,36,43)(H,37,44)(H,39,40)(H,46,47);26-27H,2-25H2,1H3,(H,31,32);1H/t25-,29?;;/m1../s1. The van der Waals surface area contributed by atoms with E-state index < -0.39 is 35.7 Å². The van der Waals surface area contributed by atoms with Crippen LogP contribution in [0.25, 0.3) is 0 Å². The van der Waals surface area contributed by atoms with Crippen LogP contribution in [0.5, 0.6) is 0 Å². The van der Waals surface area contributed by atoms with E-state index in [2.05, 4.69) is 32.8 Å². The van der Waals surface area contributed by atoms with Gasteiger partial charge in [0.05, 0.1) is 39.4 Å². The first-order valence-electron chi connectivity index (χ1n) is 31.4. The summed E-state index contributed by atoms with van der Waals surface area (Å²) >= 11 is 0. The average molecular weight is 1180 g/mol. The van der Waals surface area contributed by atoms with Crippen molar-refractivity contribution in [3.63, 3.8) is 0 Å². The number of Topliss-reactive ketones (excluding diaryl/α,β-unsaturated/α-hetero) is 3. The van der Waals surface area contributed by atoms with E-state index in [4.69, 9.17) is 34.9 Å². The molecule has 1 unspecified atom stereocenters. The second-order valence-electron chi connectivity index (χ2n) is 22.5. The maximum absolute atomic E-state index is 12.2. The molecular formula is C62H110N6O15. The number of rotatable bonds is 55. The molecule has 8 N–H and O–H groups in total. The number of aromatic amines is 1. The second-order valence-corrected chi connectivity index (χ2v) is 22.5. The summed E-state index contributed by atoms with van der Waals surface area (Å²) in [5.74, 6) is -1.86. The Hall–Kier alpha value is -5.12. The molecule has 0 saturated heterocycles. The molecule has 1 saturated carbocycles.